The van der Waals surface area contributed by atoms with Crippen LogP contribution < -0.4 is 5.32 Å². The molecule has 93 heavy (non-hydrogen) atoms. The summed E-state index contributed by atoms with van der Waals surface area (Å²) in [4.78, 5) is 13.4. The van der Waals surface area contributed by atoms with Gasteiger partial charge in [-0.25, -0.2) is 0 Å². The summed E-state index contributed by atoms with van der Waals surface area (Å²) in [6, 6.07) is -0.839. The number of ether oxygens (including phenoxy) is 4. The summed E-state index contributed by atoms with van der Waals surface area (Å²) in [7, 11) is 0. The first-order valence-corrected chi connectivity index (χ1v) is 37.3. The quantitative estimate of drug-likeness (QED) is 0.0204. The van der Waals surface area contributed by atoms with Gasteiger partial charge in [0.15, 0.2) is 12.6 Å². The third kappa shape index (κ3) is 45.5. The molecule has 0 radical (unpaired) electrons. The summed E-state index contributed by atoms with van der Waals surface area (Å²) in [6.07, 6.45) is 73.5. The molecule has 0 aromatic carbocycles. The van der Waals surface area contributed by atoms with Gasteiger partial charge in [0.05, 0.1) is 32.0 Å². The van der Waals surface area contributed by atoms with Crippen LogP contribution in [0.25, 0.3) is 0 Å². The SMILES string of the molecule is CC/C=C\C/C=C\C/C=C\C/C=C\C/C=C\C/C=C\C/C=C\C/C=C\C/C=C\C/C=C\CCCCCCCCCCCCC(=O)NC(COC1OC(CO)C(OC2OC(CO)C(O)C(O)C2O)C(O)C1O)C(O)CCCCCCCCCCCCCCCCCCCC. The van der Waals surface area contributed by atoms with Crippen molar-refractivity contribution >= 4 is 5.91 Å². The van der Waals surface area contributed by atoms with Crippen LogP contribution in [0, 0.1) is 0 Å². The van der Waals surface area contributed by atoms with E-state index in [2.05, 4.69) is 141 Å². The second-order valence-electron chi connectivity index (χ2n) is 25.7. The topological polar surface area (TPSA) is 228 Å². The van der Waals surface area contributed by atoms with Crippen molar-refractivity contribution in [3.63, 3.8) is 0 Å². The van der Waals surface area contributed by atoms with Gasteiger partial charge < -0.3 is 65.1 Å². The second kappa shape index (κ2) is 61.9. The van der Waals surface area contributed by atoms with Crippen molar-refractivity contribution in [2.24, 2.45) is 0 Å². The molecule has 2 aliphatic rings. The number of aliphatic hydroxyl groups is 8. The first-order chi connectivity index (χ1) is 45.6. The number of rotatable bonds is 60. The van der Waals surface area contributed by atoms with Crippen LogP contribution in [0.2, 0.25) is 0 Å². The molecule has 0 aromatic heterocycles. The van der Waals surface area contributed by atoms with Gasteiger partial charge in [-0.3, -0.25) is 4.79 Å². The lowest BCUT2D eigenvalue weighted by Gasteiger charge is -2.46. The number of hydrogen-bond donors (Lipinski definition) is 9. The van der Waals surface area contributed by atoms with Gasteiger partial charge in [-0.05, 0) is 89.9 Å². The number of allylic oxidation sites excluding steroid dienone is 20. The maximum absolute atomic E-state index is 13.4. The largest absolute Gasteiger partial charge is 0.394 e. The van der Waals surface area contributed by atoms with E-state index in [0.717, 1.165) is 116 Å². The van der Waals surface area contributed by atoms with Gasteiger partial charge in [-0.15, -0.1) is 0 Å². The Kier molecular flexibility index (Phi) is 56.9. The van der Waals surface area contributed by atoms with Crippen LogP contribution in [0.1, 0.15) is 277 Å². The van der Waals surface area contributed by atoms with Crippen LogP contribution >= 0.6 is 0 Å². The minimum atomic E-state index is -1.79. The van der Waals surface area contributed by atoms with Crippen LogP contribution in [0.15, 0.2) is 122 Å². The summed E-state index contributed by atoms with van der Waals surface area (Å²) < 4.78 is 22.9. The zero-order valence-corrected chi connectivity index (χ0v) is 58.2. The molecule has 14 heteroatoms. The number of amides is 1. The highest BCUT2D eigenvalue weighted by Crippen LogP contribution is 2.30. The number of unbranched alkanes of at least 4 members (excludes halogenated alkanes) is 27. The Morgan fingerprint density at radius 1 is 0.398 bits per heavy atom. The summed E-state index contributed by atoms with van der Waals surface area (Å²) in [5.41, 5.74) is 0. The lowest BCUT2D eigenvalue weighted by molar-refractivity contribution is -0.359. The molecule has 0 spiro atoms. The van der Waals surface area contributed by atoms with Crippen molar-refractivity contribution in [3.05, 3.63) is 122 Å². The zero-order chi connectivity index (χ0) is 67.3. The summed E-state index contributed by atoms with van der Waals surface area (Å²) in [6.45, 7) is 2.76. The molecule has 0 saturated carbocycles. The normalized spacial score (nSPS) is 23.3. The smallest absolute Gasteiger partial charge is 0.220 e. The molecule has 12 atom stereocenters. The lowest BCUT2D eigenvalue weighted by atomic mass is 9.97. The van der Waals surface area contributed by atoms with E-state index < -0.39 is 86.8 Å². The van der Waals surface area contributed by atoms with E-state index in [4.69, 9.17) is 18.9 Å². The van der Waals surface area contributed by atoms with E-state index in [9.17, 15) is 45.6 Å². The fourth-order valence-electron chi connectivity index (χ4n) is 11.6. The van der Waals surface area contributed by atoms with Crippen LogP contribution in [0.5, 0.6) is 0 Å². The van der Waals surface area contributed by atoms with E-state index in [-0.39, 0.29) is 12.5 Å². The van der Waals surface area contributed by atoms with Gasteiger partial charge >= 0.3 is 0 Å². The lowest BCUT2D eigenvalue weighted by Crippen LogP contribution is -2.65. The van der Waals surface area contributed by atoms with E-state index >= 15 is 0 Å². The highest BCUT2D eigenvalue weighted by Gasteiger charge is 2.51. The predicted octanol–water partition coefficient (Wildman–Crippen LogP) is 16.1. The molecule has 14 nitrogen and oxygen atoms in total. The Morgan fingerprint density at radius 2 is 0.742 bits per heavy atom. The highest BCUT2D eigenvalue weighted by atomic mass is 16.7. The van der Waals surface area contributed by atoms with Crippen LogP contribution in [0.3, 0.4) is 0 Å². The highest BCUT2D eigenvalue weighted by molar-refractivity contribution is 5.76. The Bertz CT molecular complexity index is 2030. The number of carbonyl (C=O) groups excluding carboxylic acids is 1. The Labute approximate surface area is 565 Å². The minimum absolute atomic E-state index is 0.214. The number of carbonyl (C=O) groups is 1. The molecular weight excluding hydrogens is 1170 g/mol. The minimum Gasteiger partial charge on any atom is -0.394 e. The van der Waals surface area contributed by atoms with Crippen molar-refractivity contribution in [1.29, 1.82) is 0 Å². The Hall–Kier alpha value is -3.61. The van der Waals surface area contributed by atoms with Crippen molar-refractivity contribution < 1.29 is 64.6 Å². The molecule has 1 amide bonds. The van der Waals surface area contributed by atoms with E-state index in [1.54, 1.807) is 0 Å². The molecule has 2 saturated heterocycles. The maximum atomic E-state index is 13.4. The average Bonchev–Trinajstić information content (AvgIpc) is 0.958. The van der Waals surface area contributed by atoms with Gasteiger partial charge in [0.2, 0.25) is 5.91 Å². The summed E-state index contributed by atoms with van der Waals surface area (Å²) >= 11 is 0. The van der Waals surface area contributed by atoms with E-state index in [1.807, 2.05) is 0 Å². The molecule has 2 fully saturated rings. The van der Waals surface area contributed by atoms with Crippen molar-refractivity contribution in [2.45, 2.75) is 351 Å². The maximum Gasteiger partial charge on any atom is 0.220 e. The number of aliphatic hydroxyl groups excluding tert-OH is 8. The first-order valence-electron chi connectivity index (χ1n) is 37.3. The standard InChI is InChI=1S/C79H135NO13/c1-3-5-7-9-11-13-15-17-19-21-23-24-25-26-27-28-29-30-31-32-33-34-35-36-37-38-39-40-41-42-43-44-45-47-49-51-53-55-57-59-61-63-71(84)80-67(68(83)62-60-58-56-54-52-50-48-46-22-20-18-16-14-12-10-8-6-4-2)66-90-78-76(89)74(87)77(70(65-82)92-78)93-79-75(88)73(86)72(85)69(64-81)91-79/h5,7,11,13,17,19,23-24,26-27,29-30,32-33,35-36,38-39,41-42,67-70,72-79,81-83,85-89H,3-4,6,8-10,12,14-16,18,20-22,25,28,31,34,37,40,43-66H2,1-2H3,(H,80,84)/b7-5-,13-11-,19-17-,24-23-,27-26-,30-29-,33-32-,36-35-,39-38-,42-41-. The third-order valence-corrected chi connectivity index (χ3v) is 17.4. The molecule has 12 unspecified atom stereocenters. The number of hydrogen-bond acceptors (Lipinski definition) is 13. The van der Waals surface area contributed by atoms with Crippen LogP contribution in [0.4, 0.5) is 0 Å². The Balaban J connectivity index is 1.61. The average molecular weight is 1310 g/mol. The van der Waals surface area contributed by atoms with Gasteiger partial charge in [0.25, 0.3) is 0 Å². The van der Waals surface area contributed by atoms with E-state index in [1.165, 1.54) is 128 Å². The molecule has 0 aliphatic carbocycles. The van der Waals surface area contributed by atoms with Crippen molar-refractivity contribution in [2.75, 3.05) is 19.8 Å². The van der Waals surface area contributed by atoms with Crippen LogP contribution in [-0.4, -0.2) is 140 Å². The first kappa shape index (κ1) is 85.5. The summed E-state index contributed by atoms with van der Waals surface area (Å²) in [5, 5.41) is 87.6. The molecule has 2 rings (SSSR count). The second-order valence-corrected chi connectivity index (χ2v) is 25.7. The van der Waals surface area contributed by atoms with Gasteiger partial charge in [-0.2, -0.15) is 0 Å². The molecule has 2 aliphatic heterocycles. The van der Waals surface area contributed by atoms with Gasteiger partial charge in [0, 0.05) is 6.42 Å². The molecular formula is C79H135NO13. The van der Waals surface area contributed by atoms with Gasteiger partial charge in [-0.1, -0.05) is 302 Å². The third-order valence-electron chi connectivity index (χ3n) is 17.4. The zero-order valence-electron chi connectivity index (χ0n) is 58.2. The predicted molar refractivity (Wildman–Crippen MR) is 382 cm³/mol. The van der Waals surface area contributed by atoms with Crippen molar-refractivity contribution in [3.8, 4) is 0 Å². The molecule has 534 valence electrons. The monoisotopic (exact) mass is 1310 g/mol. The van der Waals surface area contributed by atoms with E-state index in [0.29, 0.717) is 19.3 Å². The van der Waals surface area contributed by atoms with Gasteiger partial charge in [0.1, 0.15) is 48.8 Å². The number of nitrogens with one attached hydrogen (secondary N) is 1. The fraction of sp³-hybridized carbons (Fsp3) is 0.734. The molecule has 9 N–H and O–H groups in total. The fourth-order valence-corrected chi connectivity index (χ4v) is 11.6. The van der Waals surface area contributed by atoms with Crippen molar-refractivity contribution in [1.82, 2.24) is 5.32 Å². The molecule has 0 aromatic rings. The molecule has 2 heterocycles. The van der Waals surface area contributed by atoms with Crippen LogP contribution in [-0.2, 0) is 23.7 Å². The Morgan fingerprint density at radius 3 is 1.14 bits per heavy atom. The summed E-state index contributed by atoms with van der Waals surface area (Å²) in [5.74, 6) is -0.214. The molecule has 0 bridgehead atoms.